The molecule has 18 heavy (non-hydrogen) atoms. The van der Waals surface area contributed by atoms with E-state index in [9.17, 15) is 4.79 Å². The third-order valence-corrected chi connectivity index (χ3v) is 3.30. The van der Waals surface area contributed by atoms with E-state index in [0.717, 1.165) is 38.3 Å². The highest BCUT2D eigenvalue weighted by Crippen LogP contribution is 2.09. The number of rotatable bonds is 3. The summed E-state index contributed by atoms with van der Waals surface area (Å²) in [6, 6.07) is 9.56. The molecule has 0 atom stereocenters. The molecule has 2 rings (SSSR count). The van der Waals surface area contributed by atoms with E-state index in [4.69, 9.17) is 0 Å². The van der Waals surface area contributed by atoms with Crippen LogP contribution in [-0.2, 0) is 0 Å². The lowest BCUT2D eigenvalue weighted by Gasteiger charge is -2.35. The van der Waals surface area contributed by atoms with Gasteiger partial charge in [-0.3, -0.25) is 9.69 Å². The second-order valence-electron chi connectivity index (χ2n) is 5.35. The van der Waals surface area contributed by atoms with Crippen molar-refractivity contribution >= 4 is 5.91 Å². The number of carbonyl (C=O) groups excluding carboxylic acids is 1. The van der Waals surface area contributed by atoms with Gasteiger partial charge in [-0.15, -0.1) is 0 Å². The number of hydrogen-bond donors (Lipinski definition) is 0. The number of hydrogen-bond acceptors (Lipinski definition) is 2. The quantitative estimate of drug-likeness (QED) is 0.815. The Kier molecular flexibility index (Phi) is 4.37. The maximum absolute atomic E-state index is 12.2. The predicted octanol–water partition coefficient (Wildman–Crippen LogP) is 2.10. The molecule has 3 heteroatoms. The molecule has 0 N–H and O–H groups in total. The zero-order chi connectivity index (χ0) is 13.0. The summed E-state index contributed by atoms with van der Waals surface area (Å²) in [5.74, 6) is 0.862. The number of carbonyl (C=O) groups is 1. The first-order valence-corrected chi connectivity index (χ1v) is 6.73. The van der Waals surface area contributed by atoms with Crippen LogP contribution in [0.3, 0.4) is 0 Å². The van der Waals surface area contributed by atoms with Crippen LogP contribution in [0.15, 0.2) is 30.3 Å². The first-order chi connectivity index (χ1) is 8.66. The van der Waals surface area contributed by atoms with Gasteiger partial charge in [0.05, 0.1) is 0 Å². The fourth-order valence-electron chi connectivity index (χ4n) is 2.41. The molecule has 0 bridgehead atoms. The van der Waals surface area contributed by atoms with Gasteiger partial charge < -0.3 is 4.90 Å². The van der Waals surface area contributed by atoms with Crippen molar-refractivity contribution in [3.05, 3.63) is 35.9 Å². The molecule has 1 aromatic carbocycles. The van der Waals surface area contributed by atoms with Crippen molar-refractivity contribution in [2.45, 2.75) is 13.8 Å². The highest BCUT2D eigenvalue weighted by Gasteiger charge is 2.21. The molecule has 1 fully saturated rings. The lowest BCUT2D eigenvalue weighted by atomic mass is 10.1. The van der Waals surface area contributed by atoms with E-state index < -0.39 is 0 Å². The molecule has 0 unspecified atom stereocenters. The molecular formula is C15H22N2O. The highest BCUT2D eigenvalue weighted by atomic mass is 16.2. The van der Waals surface area contributed by atoms with E-state index in [0.29, 0.717) is 5.92 Å². The molecule has 3 nitrogen and oxygen atoms in total. The SMILES string of the molecule is CC(C)CN1CCN(C(=O)c2ccccc2)CC1. The molecule has 1 aliphatic heterocycles. The van der Waals surface area contributed by atoms with Gasteiger partial charge in [-0.05, 0) is 18.1 Å². The number of piperazine rings is 1. The number of amides is 1. The van der Waals surface area contributed by atoms with Crippen molar-refractivity contribution in [1.82, 2.24) is 9.80 Å². The monoisotopic (exact) mass is 246 g/mol. The Labute approximate surface area is 109 Å². The fraction of sp³-hybridized carbons (Fsp3) is 0.533. The maximum atomic E-state index is 12.2. The van der Waals surface area contributed by atoms with Crippen molar-refractivity contribution in [3.63, 3.8) is 0 Å². The Balaban J connectivity index is 1.88. The Bertz CT molecular complexity index is 381. The molecule has 1 heterocycles. The third kappa shape index (κ3) is 3.33. The van der Waals surface area contributed by atoms with Crippen LogP contribution in [0.4, 0.5) is 0 Å². The second kappa shape index (κ2) is 6.01. The first kappa shape index (κ1) is 13.1. The molecule has 0 radical (unpaired) electrons. The van der Waals surface area contributed by atoms with Gasteiger partial charge in [0.15, 0.2) is 0 Å². The van der Waals surface area contributed by atoms with E-state index in [1.165, 1.54) is 0 Å². The molecule has 0 aromatic heterocycles. The Hall–Kier alpha value is -1.35. The van der Waals surface area contributed by atoms with Gasteiger partial charge in [0.1, 0.15) is 0 Å². The first-order valence-electron chi connectivity index (χ1n) is 6.73. The predicted molar refractivity (Wildman–Crippen MR) is 73.6 cm³/mol. The average molecular weight is 246 g/mol. The fourth-order valence-corrected chi connectivity index (χ4v) is 2.41. The van der Waals surface area contributed by atoms with Crippen molar-refractivity contribution in [2.24, 2.45) is 5.92 Å². The molecule has 0 aliphatic carbocycles. The molecule has 1 saturated heterocycles. The summed E-state index contributed by atoms with van der Waals surface area (Å²) in [6.45, 7) is 9.30. The zero-order valence-electron chi connectivity index (χ0n) is 11.3. The van der Waals surface area contributed by atoms with Crippen molar-refractivity contribution in [2.75, 3.05) is 32.7 Å². The molecule has 1 aromatic rings. The summed E-state index contributed by atoms with van der Waals surface area (Å²) in [4.78, 5) is 16.6. The minimum absolute atomic E-state index is 0.166. The summed E-state index contributed by atoms with van der Waals surface area (Å²) in [6.07, 6.45) is 0. The molecule has 1 aliphatic rings. The standard InChI is InChI=1S/C15H22N2O/c1-13(2)12-16-8-10-17(11-9-16)15(18)14-6-4-3-5-7-14/h3-7,13H,8-12H2,1-2H3. The van der Waals surface area contributed by atoms with Crippen LogP contribution in [-0.4, -0.2) is 48.4 Å². The van der Waals surface area contributed by atoms with Crippen LogP contribution in [0, 0.1) is 5.92 Å². The van der Waals surface area contributed by atoms with Crippen molar-refractivity contribution in [3.8, 4) is 0 Å². The molecule has 0 saturated carbocycles. The normalized spacial score (nSPS) is 17.2. The van der Waals surface area contributed by atoms with E-state index in [-0.39, 0.29) is 5.91 Å². The van der Waals surface area contributed by atoms with Crippen LogP contribution < -0.4 is 0 Å². The molecular weight excluding hydrogens is 224 g/mol. The van der Waals surface area contributed by atoms with Crippen LogP contribution in [0.2, 0.25) is 0 Å². The van der Waals surface area contributed by atoms with Crippen LogP contribution >= 0.6 is 0 Å². The van der Waals surface area contributed by atoms with Crippen LogP contribution in [0.5, 0.6) is 0 Å². The lowest BCUT2D eigenvalue weighted by molar-refractivity contribution is 0.0624. The molecule has 98 valence electrons. The number of nitrogens with zero attached hydrogens (tertiary/aromatic N) is 2. The average Bonchev–Trinajstić information content (AvgIpc) is 2.39. The van der Waals surface area contributed by atoms with Gasteiger partial charge in [-0.25, -0.2) is 0 Å². The van der Waals surface area contributed by atoms with Crippen molar-refractivity contribution in [1.29, 1.82) is 0 Å². The Morgan fingerprint density at radius 1 is 1.11 bits per heavy atom. The highest BCUT2D eigenvalue weighted by molar-refractivity contribution is 5.94. The second-order valence-corrected chi connectivity index (χ2v) is 5.35. The van der Waals surface area contributed by atoms with Gasteiger partial charge in [-0.1, -0.05) is 32.0 Å². The topological polar surface area (TPSA) is 23.6 Å². The van der Waals surface area contributed by atoms with E-state index in [1.54, 1.807) is 0 Å². The summed E-state index contributed by atoms with van der Waals surface area (Å²) in [5, 5.41) is 0. The summed E-state index contributed by atoms with van der Waals surface area (Å²) >= 11 is 0. The van der Waals surface area contributed by atoms with E-state index >= 15 is 0 Å². The van der Waals surface area contributed by atoms with E-state index in [1.807, 2.05) is 35.2 Å². The van der Waals surface area contributed by atoms with Crippen molar-refractivity contribution < 1.29 is 4.79 Å². The van der Waals surface area contributed by atoms with Gasteiger partial charge in [0.25, 0.3) is 5.91 Å². The summed E-state index contributed by atoms with van der Waals surface area (Å²) < 4.78 is 0. The third-order valence-electron chi connectivity index (χ3n) is 3.30. The van der Waals surface area contributed by atoms with Crippen LogP contribution in [0.1, 0.15) is 24.2 Å². The van der Waals surface area contributed by atoms with E-state index in [2.05, 4.69) is 18.7 Å². The summed E-state index contributed by atoms with van der Waals surface area (Å²) in [5.41, 5.74) is 0.801. The van der Waals surface area contributed by atoms with Gasteiger partial charge in [-0.2, -0.15) is 0 Å². The van der Waals surface area contributed by atoms with Crippen LogP contribution in [0.25, 0.3) is 0 Å². The molecule has 1 amide bonds. The lowest BCUT2D eigenvalue weighted by Crippen LogP contribution is -2.49. The maximum Gasteiger partial charge on any atom is 0.253 e. The van der Waals surface area contributed by atoms with Gasteiger partial charge >= 0.3 is 0 Å². The minimum atomic E-state index is 0.166. The largest absolute Gasteiger partial charge is 0.336 e. The molecule has 0 spiro atoms. The zero-order valence-corrected chi connectivity index (χ0v) is 11.3. The smallest absolute Gasteiger partial charge is 0.253 e. The summed E-state index contributed by atoms with van der Waals surface area (Å²) in [7, 11) is 0. The Morgan fingerprint density at radius 3 is 2.28 bits per heavy atom. The number of benzene rings is 1. The van der Waals surface area contributed by atoms with Gasteiger partial charge in [0, 0.05) is 38.3 Å². The Morgan fingerprint density at radius 2 is 1.72 bits per heavy atom. The minimum Gasteiger partial charge on any atom is -0.336 e. The van der Waals surface area contributed by atoms with Gasteiger partial charge in [0.2, 0.25) is 0 Å².